The van der Waals surface area contributed by atoms with Gasteiger partial charge in [0, 0.05) is 6.04 Å². The Bertz CT molecular complexity index is 277. The molecule has 84 valence electrons. The second-order valence-corrected chi connectivity index (χ2v) is 4.34. The average molecular weight is 207 g/mol. The third-order valence-corrected chi connectivity index (χ3v) is 2.39. The molecule has 0 aromatic heterocycles. The molecule has 2 heteroatoms. The molecule has 0 fully saturated rings. The zero-order chi connectivity index (χ0) is 11.3. The zero-order valence-electron chi connectivity index (χ0n) is 9.86. The van der Waals surface area contributed by atoms with Gasteiger partial charge in [-0.2, -0.15) is 0 Å². The van der Waals surface area contributed by atoms with Crippen molar-refractivity contribution in [2.45, 2.75) is 39.2 Å². The predicted molar refractivity (Wildman–Crippen MR) is 64.3 cm³/mol. The van der Waals surface area contributed by atoms with Crippen molar-refractivity contribution in [2.24, 2.45) is 5.73 Å². The maximum atomic E-state index is 5.64. The van der Waals surface area contributed by atoms with Crippen molar-refractivity contribution >= 4 is 0 Å². The summed E-state index contributed by atoms with van der Waals surface area (Å²) in [4.78, 5) is 0. The van der Waals surface area contributed by atoms with Gasteiger partial charge in [-0.3, -0.25) is 0 Å². The molecule has 0 aliphatic rings. The molecule has 0 spiro atoms. The van der Waals surface area contributed by atoms with Gasteiger partial charge in [0.1, 0.15) is 5.75 Å². The van der Waals surface area contributed by atoms with Gasteiger partial charge in [-0.15, -0.1) is 0 Å². The van der Waals surface area contributed by atoms with Crippen LogP contribution in [0.4, 0.5) is 0 Å². The van der Waals surface area contributed by atoms with Gasteiger partial charge in [0.15, 0.2) is 0 Å². The third-order valence-electron chi connectivity index (χ3n) is 2.39. The highest BCUT2D eigenvalue weighted by atomic mass is 16.5. The van der Waals surface area contributed by atoms with Crippen LogP contribution in [0.25, 0.3) is 0 Å². The molecule has 2 nitrogen and oxygen atoms in total. The molecule has 2 N–H and O–H groups in total. The Kier molecular flexibility index (Phi) is 4.63. The molecule has 0 saturated heterocycles. The first kappa shape index (κ1) is 12.1. The fourth-order valence-corrected chi connectivity index (χ4v) is 1.31. The van der Waals surface area contributed by atoms with Crippen LogP contribution in [-0.2, 0) is 0 Å². The molecule has 1 rings (SSSR count). The molecular formula is C13H21NO. The fourth-order valence-electron chi connectivity index (χ4n) is 1.31. The van der Waals surface area contributed by atoms with Crippen molar-refractivity contribution < 1.29 is 4.74 Å². The smallest absolute Gasteiger partial charge is 0.119 e. The van der Waals surface area contributed by atoms with Gasteiger partial charge in [-0.05, 0) is 37.0 Å². The largest absolute Gasteiger partial charge is 0.494 e. The van der Waals surface area contributed by atoms with Crippen LogP contribution in [0.2, 0.25) is 0 Å². The van der Waals surface area contributed by atoms with E-state index in [1.54, 1.807) is 0 Å². The zero-order valence-corrected chi connectivity index (χ0v) is 9.86. The Morgan fingerprint density at radius 3 is 2.20 bits per heavy atom. The molecule has 0 aliphatic carbocycles. The van der Waals surface area contributed by atoms with E-state index in [4.69, 9.17) is 10.5 Å². The van der Waals surface area contributed by atoms with Crippen molar-refractivity contribution in [1.82, 2.24) is 0 Å². The normalized spacial score (nSPS) is 12.9. The maximum absolute atomic E-state index is 5.64. The average Bonchev–Trinajstić information content (AvgIpc) is 2.18. The molecule has 0 bridgehead atoms. The van der Waals surface area contributed by atoms with Gasteiger partial charge in [0.2, 0.25) is 0 Å². The van der Waals surface area contributed by atoms with Gasteiger partial charge in [-0.1, -0.05) is 26.0 Å². The van der Waals surface area contributed by atoms with E-state index in [0.29, 0.717) is 12.5 Å². The van der Waals surface area contributed by atoms with Crippen LogP contribution in [0.5, 0.6) is 5.75 Å². The summed E-state index contributed by atoms with van der Waals surface area (Å²) >= 11 is 0. The Morgan fingerprint density at radius 1 is 1.13 bits per heavy atom. The molecule has 15 heavy (non-hydrogen) atoms. The lowest BCUT2D eigenvalue weighted by Crippen LogP contribution is -2.18. The molecule has 0 radical (unpaired) electrons. The van der Waals surface area contributed by atoms with Gasteiger partial charge in [-0.25, -0.2) is 0 Å². The van der Waals surface area contributed by atoms with Crippen LogP contribution in [0.15, 0.2) is 24.3 Å². The second kappa shape index (κ2) is 5.76. The predicted octanol–water partition coefficient (Wildman–Crippen LogP) is 2.93. The summed E-state index contributed by atoms with van der Waals surface area (Å²) in [6.45, 7) is 7.06. The SMILES string of the molecule is CC(N)CCOc1ccc(C(C)C)cc1. The first-order valence-electron chi connectivity index (χ1n) is 5.58. The van der Waals surface area contributed by atoms with Gasteiger partial charge in [0.05, 0.1) is 6.61 Å². The second-order valence-electron chi connectivity index (χ2n) is 4.34. The minimum Gasteiger partial charge on any atom is -0.494 e. The number of benzene rings is 1. The summed E-state index contributed by atoms with van der Waals surface area (Å²) in [5.41, 5.74) is 6.98. The van der Waals surface area contributed by atoms with Crippen LogP contribution < -0.4 is 10.5 Å². The van der Waals surface area contributed by atoms with E-state index in [1.165, 1.54) is 5.56 Å². The van der Waals surface area contributed by atoms with Gasteiger partial charge >= 0.3 is 0 Å². The highest BCUT2D eigenvalue weighted by molar-refractivity contribution is 5.28. The first-order valence-corrected chi connectivity index (χ1v) is 5.58. The Morgan fingerprint density at radius 2 is 1.73 bits per heavy atom. The number of ether oxygens (including phenoxy) is 1. The van der Waals surface area contributed by atoms with E-state index in [1.807, 2.05) is 19.1 Å². The standard InChI is InChI=1S/C13H21NO/c1-10(2)12-4-6-13(7-5-12)15-9-8-11(3)14/h4-7,10-11H,8-9,14H2,1-3H3. The highest BCUT2D eigenvalue weighted by Crippen LogP contribution is 2.18. The summed E-state index contributed by atoms with van der Waals surface area (Å²) < 4.78 is 5.57. The van der Waals surface area contributed by atoms with Crippen LogP contribution in [-0.4, -0.2) is 12.6 Å². The molecular weight excluding hydrogens is 186 g/mol. The van der Waals surface area contributed by atoms with E-state index < -0.39 is 0 Å². The molecule has 0 aliphatic heterocycles. The summed E-state index contributed by atoms with van der Waals surface area (Å²) in [6, 6.07) is 8.49. The van der Waals surface area contributed by atoms with Crippen molar-refractivity contribution in [1.29, 1.82) is 0 Å². The first-order chi connectivity index (χ1) is 7.09. The summed E-state index contributed by atoms with van der Waals surface area (Å²) in [5, 5.41) is 0. The lowest BCUT2D eigenvalue weighted by atomic mass is 10.0. The van der Waals surface area contributed by atoms with E-state index in [0.717, 1.165) is 12.2 Å². The summed E-state index contributed by atoms with van der Waals surface area (Å²) in [7, 11) is 0. The minimum absolute atomic E-state index is 0.208. The van der Waals surface area contributed by atoms with Gasteiger partial charge in [0.25, 0.3) is 0 Å². The topological polar surface area (TPSA) is 35.2 Å². The summed E-state index contributed by atoms with van der Waals surface area (Å²) in [6.07, 6.45) is 0.895. The Balaban J connectivity index is 2.43. The van der Waals surface area contributed by atoms with Crippen molar-refractivity contribution in [3.05, 3.63) is 29.8 Å². The quantitative estimate of drug-likeness (QED) is 0.805. The third kappa shape index (κ3) is 4.34. The molecule has 0 amide bonds. The van der Waals surface area contributed by atoms with Crippen LogP contribution in [0.3, 0.4) is 0 Å². The maximum Gasteiger partial charge on any atom is 0.119 e. The molecule has 1 unspecified atom stereocenters. The van der Waals surface area contributed by atoms with Crippen molar-refractivity contribution in [2.75, 3.05) is 6.61 Å². The number of rotatable bonds is 5. The monoisotopic (exact) mass is 207 g/mol. The fraction of sp³-hybridized carbons (Fsp3) is 0.538. The lowest BCUT2D eigenvalue weighted by molar-refractivity contribution is 0.301. The van der Waals surface area contributed by atoms with Crippen molar-refractivity contribution in [3.8, 4) is 5.75 Å². The Hall–Kier alpha value is -1.02. The number of nitrogens with two attached hydrogens (primary N) is 1. The van der Waals surface area contributed by atoms with E-state index in [2.05, 4.69) is 26.0 Å². The number of hydrogen-bond acceptors (Lipinski definition) is 2. The highest BCUT2D eigenvalue weighted by Gasteiger charge is 2.00. The van der Waals surface area contributed by atoms with Crippen LogP contribution in [0, 0.1) is 0 Å². The van der Waals surface area contributed by atoms with E-state index in [9.17, 15) is 0 Å². The van der Waals surface area contributed by atoms with Crippen molar-refractivity contribution in [3.63, 3.8) is 0 Å². The molecule has 1 aromatic rings. The van der Waals surface area contributed by atoms with E-state index in [-0.39, 0.29) is 6.04 Å². The minimum atomic E-state index is 0.208. The molecule has 0 heterocycles. The van der Waals surface area contributed by atoms with Crippen LogP contribution >= 0.6 is 0 Å². The van der Waals surface area contributed by atoms with Crippen LogP contribution in [0.1, 0.15) is 38.7 Å². The molecule has 0 saturated carbocycles. The number of hydrogen-bond donors (Lipinski definition) is 1. The molecule has 1 atom stereocenters. The Labute approximate surface area is 92.4 Å². The van der Waals surface area contributed by atoms with E-state index >= 15 is 0 Å². The van der Waals surface area contributed by atoms with Gasteiger partial charge < -0.3 is 10.5 Å². The molecule has 1 aromatic carbocycles. The lowest BCUT2D eigenvalue weighted by Gasteiger charge is -2.09. The summed E-state index contributed by atoms with van der Waals surface area (Å²) in [5.74, 6) is 1.50.